The van der Waals surface area contributed by atoms with Crippen LogP contribution in [-0.2, 0) is 46.5 Å². The number of amides is 6. The fraction of sp³-hybridized carbons (Fsp3) is 0.458. The average Bonchev–Trinajstić information content (AvgIpc) is 3.93. The number of unbranched alkanes of at least 4 members (excludes halogenated alkanes) is 1. The molecule has 3 aliphatic heterocycles. The van der Waals surface area contributed by atoms with Gasteiger partial charge in [0.15, 0.2) is 5.82 Å². The molecule has 2 atom stereocenters. The van der Waals surface area contributed by atoms with Gasteiger partial charge in [0.05, 0.1) is 69.5 Å². The van der Waals surface area contributed by atoms with Crippen LogP contribution in [-0.4, -0.2) is 136 Å². The van der Waals surface area contributed by atoms with Crippen LogP contribution in [0, 0.1) is 0 Å². The molecule has 22 heteroatoms. The van der Waals surface area contributed by atoms with Crippen LogP contribution < -0.4 is 41.1 Å². The van der Waals surface area contributed by atoms with E-state index in [4.69, 9.17) is 35.5 Å². The van der Waals surface area contributed by atoms with Gasteiger partial charge < -0.3 is 54.9 Å². The van der Waals surface area contributed by atoms with Crippen LogP contribution in [0.5, 0.6) is 5.75 Å². The van der Waals surface area contributed by atoms with Gasteiger partial charge in [-0.2, -0.15) is 4.98 Å². The molecule has 6 amide bonds. The van der Waals surface area contributed by atoms with E-state index in [0.29, 0.717) is 134 Å². The van der Waals surface area contributed by atoms with Crippen LogP contribution in [0.2, 0.25) is 4.34 Å². The second-order valence-electron chi connectivity index (χ2n) is 16.7. The summed E-state index contributed by atoms with van der Waals surface area (Å²) in [6.45, 7) is 6.69. The highest BCUT2D eigenvalue weighted by molar-refractivity contribution is 7.16. The Bertz CT molecular complexity index is 2530. The number of benzene rings is 2. The van der Waals surface area contributed by atoms with Gasteiger partial charge in [-0.25, -0.2) is 4.98 Å². The maximum Gasteiger partial charge on any atom is 0.255 e. The van der Waals surface area contributed by atoms with Crippen LogP contribution in [0.25, 0.3) is 0 Å². The van der Waals surface area contributed by atoms with Crippen LogP contribution in [0.4, 0.5) is 28.8 Å². The quantitative estimate of drug-likeness (QED) is 0.0426. The number of thiophene rings is 1. The first-order valence-electron chi connectivity index (χ1n) is 23.3. The SMILES string of the molecule is CC[C@@H]1C(=O)N(C)c2cnc(Nc3ccc(C(=O)NCCOCCOCCOCCNCCCCC(=O)Nc4cccc5c4CN(C4CCC(=O)NC4=O)C5=O)cc3OC)nc2N1Cc1ccc(Cl)s1. The maximum absolute atomic E-state index is 13.3. The number of nitrogens with one attached hydrogen (secondary N) is 5. The Morgan fingerprint density at radius 2 is 1.70 bits per heavy atom. The lowest BCUT2D eigenvalue weighted by Gasteiger charge is -2.40. The second-order valence-corrected chi connectivity index (χ2v) is 18.5. The Morgan fingerprint density at radius 3 is 2.43 bits per heavy atom. The molecule has 3 aliphatic rings. The van der Waals surface area contributed by atoms with Crippen molar-refractivity contribution in [3.63, 3.8) is 0 Å². The molecule has 0 bridgehead atoms. The fourth-order valence-corrected chi connectivity index (χ4v) is 9.43. The van der Waals surface area contributed by atoms with Crippen molar-refractivity contribution in [1.82, 2.24) is 30.8 Å². The molecular weight excluding hydrogens is 944 g/mol. The first-order valence-corrected chi connectivity index (χ1v) is 24.5. The Hall–Kier alpha value is -6.23. The molecule has 1 unspecified atom stereocenters. The summed E-state index contributed by atoms with van der Waals surface area (Å²) < 4.78 is 23.1. The average molecular weight is 1000 g/mol. The number of nitrogens with zero attached hydrogens (tertiary/aromatic N) is 5. The number of hydrogen-bond donors (Lipinski definition) is 5. The number of carbonyl (C=O) groups excluding carboxylic acids is 6. The van der Waals surface area contributed by atoms with Gasteiger partial charge in [0, 0.05) is 66.8 Å². The lowest BCUT2D eigenvalue weighted by molar-refractivity contribution is -0.137. The van der Waals surface area contributed by atoms with Crippen molar-refractivity contribution in [2.24, 2.45) is 0 Å². The van der Waals surface area contributed by atoms with E-state index < -0.39 is 18.0 Å². The lowest BCUT2D eigenvalue weighted by Crippen LogP contribution is -2.52. The molecule has 0 radical (unpaired) electrons. The summed E-state index contributed by atoms with van der Waals surface area (Å²) in [5.41, 5.74) is 3.23. The summed E-state index contributed by atoms with van der Waals surface area (Å²) in [6, 6.07) is 12.8. The minimum atomic E-state index is -0.716. The number of aromatic nitrogens is 2. The molecule has 0 aliphatic carbocycles. The van der Waals surface area contributed by atoms with E-state index >= 15 is 0 Å². The Balaban J connectivity index is 0.711. The van der Waals surface area contributed by atoms with Crippen molar-refractivity contribution in [2.45, 2.75) is 70.6 Å². The van der Waals surface area contributed by atoms with E-state index in [9.17, 15) is 28.8 Å². The van der Waals surface area contributed by atoms with Gasteiger partial charge in [-0.05, 0) is 74.7 Å². The van der Waals surface area contributed by atoms with E-state index in [1.54, 1.807) is 54.5 Å². The molecule has 374 valence electrons. The normalized spacial score (nSPS) is 16.5. The summed E-state index contributed by atoms with van der Waals surface area (Å²) in [5.74, 6) is -0.249. The van der Waals surface area contributed by atoms with Crippen LogP contribution in [0.3, 0.4) is 0 Å². The first kappa shape index (κ1) is 51.6. The number of piperidine rings is 1. The Kier molecular flexibility index (Phi) is 18.5. The highest BCUT2D eigenvalue weighted by atomic mass is 35.5. The fourth-order valence-electron chi connectivity index (χ4n) is 8.34. The standard InChI is InChI=1S/C48H59ClN10O10S/c1-4-36-47(65)57(2)38-27-52-48(56-43(38)58(36)28-31-12-15-40(49)70-31)54-35-13-11-30(26-39(35)66-3)44(62)51-19-21-68-23-25-69-24-22-67-20-18-50-17-6-5-10-41(60)53-34-9-7-8-32-33(34)29-59(46(32)64)37-14-16-42(61)55-45(37)63/h7-9,11-13,15,26-27,36-37,50H,4-6,10,14,16-25,28-29H2,1-3H3,(H,51,62)(H,53,60)(H,52,54,56)(H,55,61,63)/t36-,37?/m1/s1. The molecule has 70 heavy (non-hydrogen) atoms. The number of likely N-dealkylation sites (N-methyl/N-ethyl adjacent to an activating group) is 1. The predicted octanol–water partition coefficient (Wildman–Crippen LogP) is 4.64. The zero-order chi connectivity index (χ0) is 49.6. The topological polar surface area (TPSA) is 235 Å². The number of ether oxygens (including phenoxy) is 4. The number of carbonyl (C=O) groups is 6. The van der Waals surface area contributed by atoms with Crippen molar-refractivity contribution < 1.29 is 47.7 Å². The molecule has 1 saturated heterocycles. The van der Waals surface area contributed by atoms with Crippen molar-refractivity contribution in [3.8, 4) is 5.75 Å². The van der Waals surface area contributed by atoms with Crippen molar-refractivity contribution in [2.75, 3.05) is 93.9 Å². The van der Waals surface area contributed by atoms with Gasteiger partial charge in [-0.1, -0.05) is 24.6 Å². The lowest BCUT2D eigenvalue weighted by atomic mass is 10.0. The van der Waals surface area contributed by atoms with Gasteiger partial charge in [0.2, 0.25) is 29.6 Å². The summed E-state index contributed by atoms with van der Waals surface area (Å²) in [5, 5.41) is 14.6. The zero-order valence-corrected chi connectivity index (χ0v) is 41.0. The molecule has 5 N–H and O–H groups in total. The highest BCUT2D eigenvalue weighted by Gasteiger charge is 2.40. The number of anilines is 5. The number of methoxy groups -OCH3 is 1. The van der Waals surface area contributed by atoms with Gasteiger partial charge in [0.25, 0.3) is 11.8 Å². The number of hydrogen-bond acceptors (Lipinski definition) is 16. The second kappa shape index (κ2) is 25.1. The Labute approximate surface area is 415 Å². The van der Waals surface area contributed by atoms with Crippen LogP contribution in [0.15, 0.2) is 54.7 Å². The third-order valence-electron chi connectivity index (χ3n) is 12.0. The first-order chi connectivity index (χ1) is 33.9. The van der Waals surface area contributed by atoms with Crippen LogP contribution >= 0.6 is 22.9 Å². The molecule has 1 fully saturated rings. The number of fused-ring (bicyclic) bond motifs is 2. The molecule has 2 aromatic carbocycles. The van der Waals surface area contributed by atoms with Crippen LogP contribution in [0.1, 0.15) is 76.6 Å². The maximum atomic E-state index is 13.3. The van der Waals surface area contributed by atoms with E-state index in [1.807, 2.05) is 24.0 Å². The minimum absolute atomic E-state index is 0.0354. The van der Waals surface area contributed by atoms with Crippen molar-refractivity contribution in [3.05, 3.63) is 80.6 Å². The molecular formula is C48H59ClN10O10S. The minimum Gasteiger partial charge on any atom is -0.495 e. The molecule has 5 heterocycles. The number of halogens is 1. The number of imide groups is 1. The molecule has 0 saturated carbocycles. The molecule has 2 aromatic heterocycles. The van der Waals surface area contributed by atoms with Gasteiger partial charge in [-0.15, -0.1) is 11.3 Å². The molecule has 4 aromatic rings. The summed E-state index contributed by atoms with van der Waals surface area (Å²) >= 11 is 7.67. The van der Waals surface area contributed by atoms with Gasteiger partial charge in [-0.3, -0.25) is 34.1 Å². The monoisotopic (exact) mass is 1000 g/mol. The van der Waals surface area contributed by atoms with E-state index in [2.05, 4.69) is 31.6 Å². The largest absolute Gasteiger partial charge is 0.495 e. The third kappa shape index (κ3) is 13.1. The summed E-state index contributed by atoms with van der Waals surface area (Å²) in [6.07, 6.45) is 4.44. The van der Waals surface area contributed by atoms with Gasteiger partial charge >= 0.3 is 0 Å². The third-order valence-corrected chi connectivity index (χ3v) is 13.2. The molecule has 0 spiro atoms. The molecule has 7 rings (SSSR count). The van der Waals surface area contributed by atoms with E-state index in [-0.39, 0.29) is 48.9 Å². The highest BCUT2D eigenvalue weighted by Crippen LogP contribution is 2.38. The van der Waals surface area contributed by atoms with Gasteiger partial charge in [0.1, 0.15) is 23.5 Å². The Morgan fingerprint density at radius 1 is 0.929 bits per heavy atom. The summed E-state index contributed by atoms with van der Waals surface area (Å²) in [4.78, 5) is 91.4. The van der Waals surface area contributed by atoms with E-state index in [1.165, 1.54) is 23.3 Å². The predicted molar refractivity (Wildman–Crippen MR) is 264 cm³/mol. The summed E-state index contributed by atoms with van der Waals surface area (Å²) in [7, 11) is 3.24. The number of rotatable bonds is 26. The van der Waals surface area contributed by atoms with E-state index in [0.717, 1.165) is 17.8 Å². The molecule has 20 nitrogen and oxygen atoms in total. The van der Waals surface area contributed by atoms with Crippen molar-refractivity contribution in [1.29, 1.82) is 0 Å². The smallest absolute Gasteiger partial charge is 0.255 e. The zero-order valence-electron chi connectivity index (χ0n) is 39.5. The van der Waals surface area contributed by atoms with Crippen molar-refractivity contribution >= 4 is 87.2 Å².